The van der Waals surface area contributed by atoms with E-state index in [2.05, 4.69) is 27.7 Å². The molecule has 0 aliphatic carbocycles. The molecule has 0 unspecified atom stereocenters. The first-order valence-electron chi connectivity index (χ1n) is 6.41. The van der Waals surface area contributed by atoms with Gasteiger partial charge >= 0.3 is 25.8 Å². The normalized spacial score (nSPS) is 7.76. The third-order valence-electron chi connectivity index (χ3n) is 2.21. The van der Waals surface area contributed by atoms with E-state index in [1.165, 1.54) is 51.4 Å². The van der Waals surface area contributed by atoms with Crippen LogP contribution in [0.1, 0.15) is 78.1 Å². The maximum Gasteiger partial charge on any atom is 4.00 e. The molecule has 0 aromatic heterocycles. The van der Waals surface area contributed by atoms with Crippen LogP contribution in [0.25, 0.3) is 0 Å². The summed E-state index contributed by atoms with van der Waals surface area (Å²) < 4.78 is 0. The zero-order valence-electron chi connectivity index (χ0n) is 11.9. The molecule has 3 heteroatoms. The Kier molecular flexibility index (Phi) is 64.8. The Morgan fingerprint density at radius 1 is 0.588 bits per heavy atom. The van der Waals surface area contributed by atoms with Gasteiger partial charge in [-0.25, -0.2) is 0 Å². The molecule has 0 spiro atoms. The molecule has 0 bridgehead atoms. The summed E-state index contributed by atoms with van der Waals surface area (Å²) >= 11 is 0. The second-order valence-electron chi connectivity index (χ2n) is 3.83. The molecule has 0 amide bonds. The van der Waals surface area contributed by atoms with E-state index >= 15 is 0 Å². The first-order chi connectivity index (χ1) is 6.83. The van der Waals surface area contributed by atoms with Gasteiger partial charge in [-0.2, -0.15) is 12.8 Å². The molecular formula is C14H32HfO2. The predicted molar refractivity (Wildman–Crippen MR) is 72.1 cm³/mol. The molecule has 0 heterocycles. The van der Waals surface area contributed by atoms with E-state index in [0.29, 0.717) is 0 Å². The summed E-state index contributed by atoms with van der Waals surface area (Å²) in [6.07, 6.45) is 13.0. The van der Waals surface area contributed by atoms with Gasteiger partial charge in [-0.3, -0.25) is 0 Å². The second kappa shape index (κ2) is 36.0. The molecule has 0 saturated heterocycles. The van der Waals surface area contributed by atoms with Crippen molar-refractivity contribution in [2.24, 2.45) is 0 Å². The summed E-state index contributed by atoms with van der Waals surface area (Å²) in [7, 11) is 0. The number of unbranched alkanes of at least 4 members (excludes halogenated alkanes) is 8. The minimum Gasteiger partial charge on any atom is -0.870 e. The summed E-state index contributed by atoms with van der Waals surface area (Å²) in [5.74, 6) is 0. The van der Waals surface area contributed by atoms with Crippen molar-refractivity contribution in [3.8, 4) is 0 Å². The Morgan fingerprint density at radius 2 is 0.882 bits per heavy atom. The van der Waals surface area contributed by atoms with Crippen molar-refractivity contribution >= 4 is 0 Å². The van der Waals surface area contributed by atoms with E-state index in [-0.39, 0.29) is 36.8 Å². The minimum absolute atomic E-state index is 0. The van der Waals surface area contributed by atoms with Gasteiger partial charge in [0, 0.05) is 0 Å². The molecule has 0 atom stereocenters. The Balaban J connectivity index is -0.0000000480. The smallest absolute Gasteiger partial charge is 0.870 e. The maximum atomic E-state index is 3.76. The van der Waals surface area contributed by atoms with Gasteiger partial charge in [-0.1, -0.05) is 65.2 Å². The monoisotopic (exact) mass is 412 g/mol. The fraction of sp³-hybridized carbons (Fsp3) is 0.857. The van der Waals surface area contributed by atoms with Gasteiger partial charge in [0.1, 0.15) is 0 Å². The minimum atomic E-state index is 0. The predicted octanol–water partition coefficient (Wildman–Crippen LogP) is 5.23. The van der Waals surface area contributed by atoms with Gasteiger partial charge in [0.25, 0.3) is 0 Å². The zero-order valence-corrected chi connectivity index (χ0v) is 15.5. The molecule has 17 heavy (non-hydrogen) atoms. The third-order valence-corrected chi connectivity index (χ3v) is 2.21. The average Bonchev–Trinajstić information content (AvgIpc) is 2.21. The first-order valence-corrected chi connectivity index (χ1v) is 6.41. The Bertz CT molecular complexity index is 62.6. The van der Waals surface area contributed by atoms with Crippen molar-refractivity contribution in [2.45, 2.75) is 78.1 Å². The largest absolute Gasteiger partial charge is 4.00 e. The molecule has 0 aliphatic rings. The quantitative estimate of drug-likeness (QED) is 0.312. The molecule has 2 nitrogen and oxygen atoms in total. The SMILES string of the molecule is [CH2-]CCCCCC.[CH2-]CCCCCC.[Hf+4].[OH-].[OH-]. The van der Waals surface area contributed by atoms with Crippen LogP contribution in [0.4, 0.5) is 0 Å². The maximum absolute atomic E-state index is 3.76. The van der Waals surface area contributed by atoms with E-state index in [9.17, 15) is 0 Å². The molecule has 0 rings (SSSR count). The molecule has 0 radical (unpaired) electrons. The Labute approximate surface area is 128 Å². The van der Waals surface area contributed by atoms with Crippen LogP contribution in [0.15, 0.2) is 0 Å². The van der Waals surface area contributed by atoms with Crippen LogP contribution in [0.5, 0.6) is 0 Å². The van der Waals surface area contributed by atoms with Gasteiger partial charge in [-0.05, 0) is 0 Å². The van der Waals surface area contributed by atoms with Crippen LogP contribution in [0, 0.1) is 13.8 Å². The standard InChI is InChI=1S/2C7H15.Hf.2H2O/c2*1-3-5-7-6-4-2;;;/h2*1,3-7H2,2H3;;2*1H2/q2*-1;+4;;/p-2. The van der Waals surface area contributed by atoms with Gasteiger partial charge in [0.05, 0.1) is 0 Å². The second-order valence-corrected chi connectivity index (χ2v) is 3.83. The van der Waals surface area contributed by atoms with Crippen molar-refractivity contribution in [2.75, 3.05) is 0 Å². The van der Waals surface area contributed by atoms with Crippen LogP contribution >= 0.6 is 0 Å². The molecule has 0 aromatic carbocycles. The average molecular weight is 411 g/mol. The van der Waals surface area contributed by atoms with Crippen molar-refractivity contribution in [3.63, 3.8) is 0 Å². The van der Waals surface area contributed by atoms with Crippen LogP contribution in [-0.2, 0) is 25.8 Å². The molecule has 0 saturated carbocycles. The molecular weight excluding hydrogens is 379 g/mol. The van der Waals surface area contributed by atoms with Crippen LogP contribution in [-0.4, -0.2) is 11.0 Å². The molecule has 2 N–H and O–H groups in total. The van der Waals surface area contributed by atoms with Gasteiger partial charge in [0.2, 0.25) is 0 Å². The fourth-order valence-electron chi connectivity index (χ4n) is 1.21. The van der Waals surface area contributed by atoms with Crippen molar-refractivity contribution in [1.82, 2.24) is 0 Å². The Hall–Kier alpha value is 0.790. The topological polar surface area (TPSA) is 60.0 Å². The summed E-state index contributed by atoms with van der Waals surface area (Å²) in [4.78, 5) is 0. The van der Waals surface area contributed by atoms with Crippen LogP contribution < -0.4 is 0 Å². The summed E-state index contributed by atoms with van der Waals surface area (Å²) in [5, 5.41) is 0. The van der Waals surface area contributed by atoms with Crippen molar-refractivity contribution in [3.05, 3.63) is 13.8 Å². The van der Waals surface area contributed by atoms with E-state index in [4.69, 9.17) is 0 Å². The molecule has 0 aliphatic heterocycles. The first kappa shape index (κ1) is 30.7. The summed E-state index contributed by atoms with van der Waals surface area (Å²) in [5.41, 5.74) is 0. The summed E-state index contributed by atoms with van der Waals surface area (Å²) in [6.45, 7) is 12.0. The van der Waals surface area contributed by atoms with Gasteiger partial charge in [0.15, 0.2) is 0 Å². The number of rotatable bonds is 8. The van der Waals surface area contributed by atoms with E-state index in [1.807, 2.05) is 0 Å². The Morgan fingerprint density at radius 3 is 1.06 bits per heavy atom. The van der Waals surface area contributed by atoms with E-state index in [0.717, 1.165) is 12.8 Å². The summed E-state index contributed by atoms with van der Waals surface area (Å²) in [6, 6.07) is 0. The van der Waals surface area contributed by atoms with Crippen molar-refractivity contribution < 1.29 is 36.8 Å². The number of hydrogen-bond donors (Lipinski definition) is 0. The third kappa shape index (κ3) is 47.5. The van der Waals surface area contributed by atoms with Crippen LogP contribution in [0.3, 0.4) is 0 Å². The molecule has 104 valence electrons. The zero-order chi connectivity index (χ0) is 11.1. The molecule has 0 fully saturated rings. The fourth-order valence-corrected chi connectivity index (χ4v) is 1.21. The van der Waals surface area contributed by atoms with E-state index < -0.39 is 0 Å². The van der Waals surface area contributed by atoms with E-state index in [1.54, 1.807) is 0 Å². The van der Waals surface area contributed by atoms with Crippen LogP contribution in [0.2, 0.25) is 0 Å². The molecule has 0 aromatic rings. The van der Waals surface area contributed by atoms with Crippen molar-refractivity contribution in [1.29, 1.82) is 0 Å². The number of hydrogen-bond acceptors (Lipinski definition) is 2. The van der Waals surface area contributed by atoms with Gasteiger partial charge in [-0.15, -0.1) is 0 Å². The van der Waals surface area contributed by atoms with Gasteiger partial charge < -0.3 is 24.8 Å².